The van der Waals surface area contributed by atoms with Crippen LogP contribution in [-0.4, -0.2) is 17.5 Å². The van der Waals surface area contributed by atoms with E-state index in [1.165, 1.54) is 0 Å². The topological polar surface area (TPSA) is 77.2 Å². The van der Waals surface area contributed by atoms with E-state index in [-0.39, 0.29) is 11.7 Å². The number of unbranched alkanes of at least 4 members (excludes halogenated alkanes) is 3. The maximum absolute atomic E-state index is 12.5. The SMILES string of the molecule is C=CCCCCCOc1cccc(NC(=O)c2cc(C)c(C)nc2N)c1. The molecule has 5 nitrogen and oxygen atoms in total. The molecule has 26 heavy (non-hydrogen) atoms. The molecule has 0 fully saturated rings. The number of aryl methyl sites for hydroxylation is 2. The molecule has 1 aromatic carbocycles. The number of nitrogens with one attached hydrogen (secondary N) is 1. The number of hydrogen-bond donors (Lipinski definition) is 2. The van der Waals surface area contributed by atoms with E-state index in [1.54, 1.807) is 6.07 Å². The fraction of sp³-hybridized carbons (Fsp3) is 0.333. The number of allylic oxidation sites excluding steroid dienone is 1. The lowest BCUT2D eigenvalue weighted by atomic mass is 10.1. The van der Waals surface area contributed by atoms with Crippen LogP contribution in [0.25, 0.3) is 0 Å². The number of nitrogen functional groups attached to an aromatic ring is 1. The number of carbonyl (C=O) groups is 1. The summed E-state index contributed by atoms with van der Waals surface area (Å²) in [6.45, 7) is 8.14. The van der Waals surface area contributed by atoms with Gasteiger partial charge in [0.25, 0.3) is 5.91 Å². The zero-order valence-corrected chi connectivity index (χ0v) is 15.5. The first kappa shape index (κ1) is 19.5. The van der Waals surface area contributed by atoms with Crippen molar-refractivity contribution in [2.75, 3.05) is 17.7 Å². The first-order valence-electron chi connectivity index (χ1n) is 8.90. The predicted molar refractivity (Wildman–Crippen MR) is 107 cm³/mol. The van der Waals surface area contributed by atoms with Crippen LogP contribution in [0.15, 0.2) is 43.0 Å². The van der Waals surface area contributed by atoms with E-state index in [0.717, 1.165) is 42.7 Å². The van der Waals surface area contributed by atoms with Gasteiger partial charge in [0.05, 0.1) is 12.2 Å². The van der Waals surface area contributed by atoms with Crippen molar-refractivity contribution in [2.45, 2.75) is 39.5 Å². The summed E-state index contributed by atoms with van der Waals surface area (Å²) in [6.07, 6.45) is 6.22. The van der Waals surface area contributed by atoms with E-state index in [9.17, 15) is 4.79 Å². The van der Waals surface area contributed by atoms with Crippen LogP contribution in [0.4, 0.5) is 11.5 Å². The molecule has 138 valence electrons. The van der Waals surface area contributed by atoms with Crippen molar-refractivity contribution < 1.29 is 9.53 Å². The van der Waals surface area contributed by atoms with E-state index >= 15 is 0 Å². The highest BCUT2D eigenvalue weighted by atomic mass is 16.5. The number of pyridine rings is 1. The molecule has 3 N–H and O–H groups in total. The monoisotopic (exact) mass is 353 g/mol. The third kappa shape index (κ3) is 5.62. The minimum absolute atomic E-state index is 0.234. The van der Waals surface area contributed by atoms with Crippen LogP contribution in [0.2, 0.25) is 0 Å². The van der Waals surface area contributed by atoms with Crippen molar-refractivity contribution in [2.24, 2.45) is 0 Å². The number of benzene rings is 1. The molecule has 0 spiro atoms. The minimum atomic E-state index is -0.278. The highest BCUT2D eigenvalue weighted by molar-refractivity contribution is 6.07. The lowest BCUT2D eigenvalue weighted by Crippen LogP contribution is -2.16. The van der Waals surface area contributed by atoms with Gasteiger partial charge in [-0.1, -0.05) is 12.1 Å². The number of amides is 1. The van der Waals surface area contributed by atoms with Crippen LogP contribution in [0.1, 0.15) is 47.3 Å². The number of anilines is 2. The van der Waals surface area contributed by atoms with Crippen molar-refractivity contribution >= 4 is 17.4 Å². The third-order valence-electron chi connectivity index (χ3n) is 4.15. The largest absolute Gasteiger partial charge is 0.494 e. The van der Waals surface area contributed by atoms with Crippen LogP contribution in [0, 0.1) is 13.8 Å². The zero-order valence-electron chi connectivity index (χ0n) is 15.5. The first-order chi connectivity index (χ1) is 12.5. The van der Waals surface area contributed by atoms with E-state index < -0.39 is 0 Å². The van der Waals surface area contributed by atoms with Crippen molar-refractivity contribution in [3.8, 4) is 5.75 Å². The smallest absolute Gasteiger partial charge is 0.259 e. The highest BCUT2D eigenvalue weighted by Crippen LogP contribution is 2.20. The van der Waals surface area contributed by atoms with E-state index in [4.69, 9.17) is 10.5 Å². The average Bonchev–Trinajstić information content (AvgIpc) is 2.61. The molecule has 5 heteroatoms. The Labute approximate surface area is 155 Å². The Kier molecular flexibility index (Phi) is 7.21. The molecule has 1 amide bonds. The fourth-order valence-corrected chi connectivity index (χ4v) is 2.53. The summed E-state index contributed by atoms with van der Waals surface area (Å²) in [5.74, 6) is 0.690. The highest BCUT2D eigenvalue weighted by Gasteiger charge is 2.13. The summed E-state index contributed by atoms with van der Waals surface area (Å²) >= 11 is 0. The fourth-order valence-electron chi connectivity index (χ4n) is 2.53. The Morgan fingerprint density at radius 2 is 2.08 bits per heavy atom. The number of hydrogen-bond acceptors (Lipinski definition) is 4. The molecular weight excluding hydrogens is 326 g/mol. The molecule has 0 aliphatic rings. The normalized spacial score (nSPS) is 10.4. The van der Waals surface area contributed by atoms with Gasteiger partial charge >= 0.3 is 0 Å². The van der Waals surface area contributed by atoms with Gasteiger partial charge < -0.3 is 15.8 Å². The molecule has 0 saturated heterocycles. The standard InChI is InChI=1S/C21H27N3O2/c1-4-5-6-7-8-12-26-18-11-9-10-17(14-18)24-21(25)19-13-15(2)16(3)23-20(19)22/h4,9-11,13-14H,1,5-8,12H2,2-3H3,(H2,22,23)(H,24,25). The molecule has 1 aromatic heterocycles. The quantitative estimate of drug-likeness (QED) is 0.508. The number of carbonyl (C=O) groups excluding carboxylic acids is 1. The number of aromatic nitrogens is 1. The summed E-state index contributed by atoms with van der Waals surface area (Å²) in [5.41, 5.74) is 8.68. The van der Waals surface area contributed by atoms with Crippen LogP contribution >= 0.6 is 0 Å². The van der Waals surface area contributed by atoms with Crippen molar-refractivity contribution in [1.82, 2.24) is 4.98 Å². The second-order valence-electron chi connectivity index (χ2n) is 6.29. The second-order valence-corrected chi connectivity index (χ2v) is 6.29. The lowest BCUT2D eigenvalue weighted by Gasteiger charge is -2.11. The van der Waals surface area contributed by atoms with E-state index in [1.807, 2.05) is 44.2 Å². The molecule has 0 unspecified atom stereocenters. The Balaban J connectivity index is 1.94. The maximum Gasteiger partial charge on any atom is 0.259 e. The van der Waals surface area contributed by atoms with E-state index in [0.29, 0.717) is 17.9 Å². The van der Waals surface area contributed by atoms with Crippen molar-refractivity contribution in [3.63, 3.8) is 0 Å². The van der Waals surface area contributed by atoms with Crippen LogP contribution in [0.3, 0.4) is 0 Å². The van der Waals surface area contributed by atoms with Gasteiger partial charge in [0.15, 0.2) is 0 Å². The van der Waals surface area contributed by atoms with Gasteiger partial charge in [-0.15, -0.1) is 6.58 Å². The molecule has 2 rings (SSSR count). The molecule has 2 aromatic rings. The van der Waals surface area contributed by atoms with Gasteiger partial charge in [0.1, 0.15) is 11.6 Å². The summed E-state index contributed by atoms with van der Waals surface area (Å²) in [7, 11) is 0. The van der Waals surface area contributed by atoms with Gasteiger partial charge in [0, 0.05) is 17.4 Å². The Morgan fingerprint density at radius 1 is 1.27 bits per heavy atom. The number of nitrogens with two attached hydrogens (primary N) is 1. The number of nitrogens with zero attached hydrogens (tertiary/aromatic N) is 1. The number of rotatable bonds is 9. The zero-order chi connectivity index (χ0) is 18.9. The molecule has 0 atom stereocenters. The van der Waals surface area contributed by atoms with Gasteiger partial charge in [-0.25, -0.2) is 4.98 Å². The van der Waals surface area contributed by atoms with E-state index in [2.05, 4.69) is 16.9 Å². The molecule has 0 saturated carbocycles. The van der Waals surface area contributed by atoms with Gasteiger partial charge in [0.2, 0.25) is 0 Å². The van der Waals surface area contributed by atoms with Gasteiger partial charge in [-0.2, -0.15) is 0 Å². The average molecular weight is 353 g/mol. The summed E-state index contributed by atoms with van der Waals surface area (Å²) < 4.78 is 5.76. The van der Waals surface area contributed by atoms with Crippen LogP contribution in [-0.2, 0) is 0 Å². The maximum atomic E-state index is 12.5. The molecule has 0 bridgehead atoms. The Morgan fingerprint density at radius 3 is 2.85 bits per heavy atom. The third-order valence-corrected chi connectivity index (χ3v) is 4.15. The van der Waals surface area contributed by atoms with Crippen LogP contribution < -0.4 is 15.8 Å². The van der Waals surface area contributed by atoms with Crippen molar-refractivity contribution in [3.05, 3.63) is 59.8 Å². The van der Waals surface area contributed by atoms with Crippen LogP contribution in [0.5, 0.6) is 5.75 Å². The Bertz CT molecular complexity index is 772. The molecule has 0 radical (unpaired) electrons. The summed E-state index contributed by atoms with van der Waals surface area (Å²) in [4.78, 5) is 16.7. The Hall–Kier alpha value is -2.82. The summed E-state index contributed by atoms with van der Waals surface area (Å²) in [6, 6.07) is 9.12. The second kappa shape index (κ2) is 9.61. The minimum Gasteiger partial charge on any atom is -0.494 e. The summed E-state index contributed by atoms with van der Waals surface area (Å²) in [5, 5.41) is 2.85. The number of ether oxygens (including phenoxy) is 1. The predicted octanol–water partition coefficient (Wildman–Crippen LogP) is 4.66. The lowest BCUT2D eigenvalue weighted by molar-refractivity contribution is 0.102. The molecule has 0 aliphatic heterocycles. The molecular formula is C21H27N3O2. The first-order valence-corrected chi connectivity index (χ1v) is 8.90. The molecule has 1 heterocycles. The molecule has 0 aliphatic carbocycles. The van der Waals surface area contributed by atoms with Gasteiger partial charge in [-0.3, -0.25) is 4.79 Å². The van der Waals surface area contributed by atoms with Crippen molar-refractivity contribution in [1.29, 1.82) is 0 Å². The van der Waals surface area contributed by atoms with Gasteiger partial charge in [-0.05, 0) is 63.3 Å².